The highest BCUT2D eigenvalue weighted by Gasteiger charge is 2.17. The van der Waals surface area contributed by atoms with Gasteiger partial charge in [0.2, 0.25) is 0 Å². The number of nitrogens with zero attached hydrogens (tertiary/aromatic N) is 4. The molecular formula is C21H30IN5. The molecule has 1 aliphatic heterocycles. The standard InChI is InChI=1S/C21H29N5.HI/c1-2-22-21(23-12-6-14-26-15-7-13-24-26)25-16-10-20(11-17-25)18-19-8-4-3-5-9-19;/h3-5,7-9,13,15,18H,2,6,10-12,14,16-17H2,1H3,(H,22,23);1H. The predicted octanol–water partition coefficient (Wildman–Crippen LogP) is 4.04. The van der Waals surface area contributed by atoms with Gasteiger partial charge in [-0.2, -0.15) is 5.10 Å². The van der Waals surface area contributed by atoms with E-state index in [1.165, 1.54) is 11.1 Å². The van der Waals surface area contributed by atoms with Crippen molar-refractivity contribution in [3.8, 4) is 0 Å². The third-order valence-corrected chi connectivity index (χ3v) is 4.58. The first-order chi connectivity index (χ1) is 12.8. The van der Waals surface area contributed by atoms with Crippen LogP contribution in [0, 0.1) is 0 Å². The van der Waals surface area contributed by atoms with Crippen molar-refractivity contribution in [2.75, 3.05) is 26.2 Å². The van der Waals surface area contributed by atoms with Crippen LogP contribution in [0.3, 0.4) is 0 Å². The second kappa shape index (κ2) is 11.8. The number of nitrogens with one attached hydrogen (secondary N) is 1. The number of hydrogen-bond acceptors (Lipinski definition) is 2. The molecule has 0 bridgehead atoms. The summed E-state index contributed by atoms with van der Waals surface area (Å²) in [4.78, 5) is 7.21. The minimum atomic E-state index is 0. The van der Waals surface area contributed by atoms with E-state index >= 15 is 0 Å². The van der Waals surface area contributed by atoms with E-state index in [4.69, 9.17) is 4.99 Å². The molecule has 1 aliphatic rings. The highest BCUT2D eigenvalue weighted by atomic mass is 127. The second-order valence-corrected chi connectivity index (χ2v) is 6.56. The molecule has 2 heterocycles. The molecule has 27 heavy (non-hydrogen) atoms. The predicted molar refractivity (Wildman–Crippen MR) is 123 cm³/mol. The van der Waals surface area contributed by atoms with Crippen LogP contribution in [0.1, 0.15) is 31.7 Å². The molecule has 0 saturated carbocycles. The molecule has 6 heteroatoms. The van der Waals surface area contributed by atoms with Crippen molar-refractivity contribution >= 4 is 36.0 Å². The smallest absolute Gasteiger partial charge is 0.193 e. The van der Waals surface area contributed by atoms with Crippen molar-refractivity contribution in [1.29, 1.82) is 0 Å². The molecule has 3 rings (SSSR count). The zero-order valence-electron chi connectivity index (χ0n) is 16.1. The van der Waals surface area contributed by atoms with Gasteiger partial charge in [0.15, 0.2) is 5.96 Å². The van der Waals surface area contributed by atoms with E-state index in [1.54, 1.807) is 0 Å². The zero-order chi connectivity index (χ0) is 18.0. The molecule has 0 amide bonds. The lowest BCUT2D eigenvalue weighted by atomic mass is 10.0. The summed E-state index contributed by atoms with van der Waals surface area (Å²) in [5, 5.41) is 7.68. The zero-order valence-corrected chi connectivity index (χ0v) is 18.4. The Morgan fingerprint density at radius 1 is 1.19 bits per heavy atom. The molecule has 0 spiro atoms. The lowest BCUT2D eigenvalue weighted by Gasteiger charge is -2.31. The monoisotopic (exact) mass is 479 g/mol. The van der Waals surface area contributed by atoms with Crippen molar-refractivity contribution in [2.24, 2.45) is 4.99 Å². The maximum atomic E-state index is 4.82. The maximum absolute atomic E-state index is 4.82. The average molecular weight is 479 g/mol. The third-order valence-electron chi connectivity index (χ3n) is 4.58. The van der Waals surface area contributed by atoms with Gasteiger partial charge < -0.3 is 10.2 Å². The Balaban J connectivity index is 0.00000261. The molecule has 1 saturated heterocycles. The number of likely N-dealkylation sites (tertiary alicyclic amines) is 1. The third kappa shape index (κ3) is 7.01. The number of aromatic nitrogens is 2. The summed E-state index contributed by atoms with van der Waals surface area (Å²) in [6.45, 7) is 6.84. The van der Waals surface area contributed by atoms with Crippen LogP contribution < -0.4 is 5.32 Å². The van der Waals surface area contributed by atoms with E-state index in [9.17, 15) is 0 Å². The van der Waals surface area contributed by atoms with Crippen molar-refractivity contribution in [3.05, 3.63) is 59.9 Å². The van der Waals surface area contributed by atoms with Gasteiger partial charge in [-0.1, -0.05) is 42.0 Å². The summed E-state index contributed by atoms with van der Waals surface area (Å²) < 4.78 is 1.96. The van der Waals surface area contributed by atoms with Gasteiger partial charge in [-0.15, -0.1) is 24.0 Å². The van der Waals surface area contributed by atoms with Crippen LogP contribution in [0.25, 0.3) is 6.08 Å². The molecule has 1 fully saturated rings. The highest BCUT2D eigenvalue weighted by molar-refractivity contribution is 14.0. The summed E-state index contributed by atoms with van der Waals surface area (Å²) in [5.41, 5.74) is 2.83. The van der Waals surface area contributed by atoms with Crippen LogP contribution in [0.5, 0.6) is 0 Å². The minimum absolute atomic E-state index is 0. The molecule has 146 valence electrons. The Kier molecular flexibility index (Phi) is 9.38. The Labute approximate surface area is 179 Å². The summed E-state index contributed by atoms with van der Waals surface area (Å²) in [5.74, 6) is 1.05. The summed E-state index contributed by atoms with van der Waals surface area (Å²) >= 11 is 0. The number of aliphatic imine (C=N–C) groups is 1. The molecule has 5 nitrogen and oxygen atoms in total. The number of aryl methyl sites for hydroxylation is 1. The van der Waals surface area contributed by atoms with Gasteiger partial charge in [0.05, 0.1) is 0 Å². The van der Waals surface area contributed by atoms with E-state index in [1.807, 2.05) is 23.1 Å². The first-order valence-corrected chi connectivity index (χ1v) is 9.60. The van der Waals surface area contributed by atoms with Crippen LogP contribution in [0.4, 0.5) is 0 Å². The molecule has 1 aromatic heterocycles. The van der Waals surface area contributed by atoms with Crippen LogP contribution >= 0.6 is 24.0 Å². The SMILES string of the molecule is CCNC(=NCCCn1cccn1)N1CCC(=Cc2ccccc2)CC1.I. The van der Waals surface area contributed by atoms with Gasteiger partial charge in [0.1, 0.15) is 0 Å². The van der Waals surface area contributed by atoms with E-state index in [0.29, 0.717) is 0 Å². The van der Waals surface area contributed by atoms with Crippen LogP contribution in [0.15, 0.2) is 59.4 Å². The Morgan fingerprint density at radius 2 is 1.96 bits per heavy atom. The molecule has 1 N–H and O–H groups in total. The number of halogens is 1. The number of benzene rings is 1. The van der Waals surface area contributed by atoms with Crippen molar-refractivity contribution in [1.82, 2.24) is 20.0 Å². The molecular weight excluding hydrogens is 449 g/mol. The topological polar surface area (TPSA) is 45.5 Å². The Morgan fingerprint density at radius 3 is 2.63 bits per heavy atom. The largest absolute Gasteiger partial charge is 0.357 e. The summed E-state index contributed by atoms with van der Waals surface area (Å²) in [6.07, 6.45) is 9.37. The van der Waals surface area contributed by atoms with E-state index in [2.05, 4.69) is 58.6 Å². The number of rotatable bonds is 6. The number of hydrogen-bond donors (Lipinski definition) is 1. The van der Waals surface area contributed by atoms with Crippen molar-refractivity contribution in [2.45, 2.75) is 32.7 Å². The van der Waals surface area contributed by atoms with Gasteiger partial charge >= 0.3 is 0 Å². The molecule has 1 aromatic carbocycles. The van der Waals surface area contributed by atoms with Gasteiger partial charge in [0.25, 0.3) is 0 Å². The minimum Gasteiger partial charge on any atom is -0.357 e. The van der Waals surface area contributed by atoms with Gasteiger partial charge in [-0.25, -0.2) is 0 Å². The van der Waals surface area contributed by atoms with Crippen LogP contribution in [-0.4, -0.2) is 46.8 Å². The van der Waals surface area contributed by atoms with Crippen LogP contribution in [-0.2, 0) is 6.54 Å². The molecule has 2 aromatic rings. The fraction of sp³-hybridized carbons (Fsp3) is 0.429. The fourth-order valence-corrected chi connectivity index (χ4v) is 3.21. The van der Waals surface area contributed by atoms with Gasteiger partial charge in [-0.3, -0.25) is 9.67 Å². The number of piperidine rings is 1. The highest BCUT2D eigenvalue weighted by Crippen LogP contribution is 2.19. The second-order valence-electron chi connectivity index (χ2n) is 6.56. The lowest BCUT2D eigenvalue weighted by molar-refractivity contribution is 0.375. The first-order valence-electron chi connectivity index (χ1n) is 9.60. The summed E-state index contributed by atoms with van der Waals surface area (Å²) in [7, 11) is 0. The number of guanidine groups is 1. The van der Waals surface area contributed by atoms with Gasteiger partial charge in [0, 0.05) is 45.1 Å². The fourth-order valence-electron chi connectivity index (χ4n) is 3.21. The van der Waals surface area contributed by atoms with E-state index in [0.717, 1.165) is 57.9 Å². The molecule has 0 aliphatic carbocycles. The van der Waals surface area contributed by atoms with Crippen molar-refractivity contribution in [3.63, 3.8) is 0 Å². The Bertz CT molecular complexity index is 699. The average Bonchev–Trinajstić information content (AvgIpc) is 3.19. The van der Waals surface area contributed by atoms with Crippen molar-refractivity contribution < 1.29 is 0 Å². The normalized spacial score (nSPS) is 14.6. The molecule has 0 radical (unpaired) electrons. The molecule has 0 unspecified atom stereocenters. The molecule has 0 atom stereocenters. The summed E-state index contributed by atoms with van der Waals surface area (Å²) in [6, 6.07) is 12.6. The van der Waals surface area contributed by atoms with Crippen LogP contribution in [0.2, 0.25) is 0 Å². The van der Waals surface area contributed by atoms with E-state index in [-0.39, 0.29) is 24.0 Å². The van der Waals surface area contributed by atoms with Gasteiger partial charge in [-0.05, 0) is 37.8 Å². The first kappa shape index (κ1) is 21.5. The quantitative estimate of drug-likeness (QED) is 0.295. The lowest BCUT2D eigenvalue weighted by Crippen LogP contribution is -2.44. The van der Waals surface area contributed by atoms with E-state index < -0.39 is 0 Å². The Hall–Kier alpha value is -1.83. The maximum Gasteiger partial charge on any atom is 0.193 e.